The number of rotatable bonds is 10. The lowest BCUT2D eigenvalue weighted by Gasteiger charge is -2.35. The predicted molar refractivity (Wildman–Crippen MR) is 148 cm³/mol. The third-order valence-electron chi connectivity index (χ3n) is 7.34. The number of fused-ring (bicyclic) bond motifs is 1. The Morgan fingerprint density at radius 1 is 1.15 bits per heavy atom. The summed E-state index contributed by atoms with van der Waals surface area (Å²) in [6.45, 7) is 5.68. The van der Waals surface area contributed by atoms with Crippen LogP contribution in [0.4, 0.5) is 15.9 Å². The minimum absolute atomic E-state index is 0.0261. The van der Waals surface area contributed by atoms with Gasteiger partial charge in [-0.05, 0) is 43.5 Å². The van der Waals surface area contributed by atoms with Crippen LogP contribution in [0, 0.1) is 5.82 Å². The SMILES string of the molecule is COc1cc2ncnc(Nc3ccc(F)c(Cl)c3)c2cc1OC1CCN(CCC(C=O)N2CCOCC2)CC1. The Kier molecular flexibility index (Phi) is 9.08. The monoisotopic (exact) mass is 557 g/mol. The molecular formula is C28H33ClFN5O4. The van der Waals surface area contributed by atoms with Gasteiger partial charge in [-0.3, -0.25) is 4.90 Å². The average Bonchev–Trinajstić information content (AvgIpc) is 2.97. The van der Waals surface area contributed by atoms with Crippen molar-refractivity contribution in [2.75, 3.05) is 58.4 Å². The molecule has 1 unspecified atom stereocenters. The number of benzene rings is 2. The maximum absolute atomic E-state index is 13.6. The first-order valence-electron chi connectivity index (χ1n) is 13.2. The smallest absolute Gasteiger partial charge is 0.162 e. The Labute approximate surface area is 232 Å². The van der Waals surface area contributed by atoms with Crippen LogP contribution in [0.3, 0.4) is 0 Å². The number of likely N-dealkylation sites (tertiary alicyclic amines) is 1. The van der Waals surface area contributed by atoms with Gasteiger partial charge in [-0.25, -0.2) is 14.4 Å². The third-order valence-corrected chi connectivity index (χ3v) is 7.63. The maximum atomic E-state index is 13.6. The topological polar surface area (TPSA) is 89.1 Å². The number of ether oxygens (including phenoxy) is 3. The van der Waals surface area contributed by atoms with E-state index in [2.05, 4.69) is 25.1 Å². The van der Waals surface area contributed by atoms with Crippen molar-refractivity contribution < 1.29 is 23.4 Å². The van der Waals surface area contributed by atoms with E-state index in [4.69, 9.17) is 25.8 Å². The van der Waals surface area contributed by atoms with Crippen LogP contribution in [-0.2, 0) is 9.53 Å². The quantitative estimate of drug-likeness (QED) is 0.366. The first-order chi connectivity index (χ1) is 19.0. The molecule has 0 radical (unpaired) electrons. The molecule has 2 aliphatic heterocycles. The molecule has 2 fully saturated rings. The Morgan fingerprint density at radius 2 is 1.95 bits per heavy atom. The molecule has 0 bridgehead atoms. The second-order valence-electron chi connectivity index (χ2n) is 9.80. The van der Waals surface area contributed by atoms with Gasteiger partial charge >= 0.3 is 0 Å². The second-order valence-corrected chi connectivity index (χ2v) is 10.2. The fourth-order valence-corrected chi connectivity index (χ4v) is 5.30. The molecule has 1 atom stereocenters. The largest absolute Gasteiger partial charge is 0.493 e. The van der Waals surface area contributed by atoms with Gasteiger partial charge in [0.25, 0.3) is 0 Å². The summed E-state index contributed by atoms with van der Waals surface area (Å²) in [6.07, 6.45) is 5.13. The number of methoxy groups -OCH3 is 1. The highest BCUT2D eigenvalue weighted by Gasteiger charge is 2.25. The molecule has 11 heteroatoms. The molecule has 208 valence electrons. The number of hydrogen-bond acceptors (Lipinski definition) is 9. The van der Waals surface area contributed by atoms with Crippen molar-refractivity contribution >= 4 is 40.3 Å². The summed E-state index contributed by atoms with van der Waals surface area (Å²) in [6, 6.07) is 8.07. The molecule has 9 nitrogen and oxygen atoms in total. The number of nitrogens with zero attached hydrogens (tertiary/aromatic N) is 4. The van der Waals surface area contributed by atoms with Crippen molar-refractivity contribution in [1.82, 2.24) is 19.8 Å². The van der Waals surface area contributed by atoms with Gasteiger partial charge in [0, 0.05) is 49.9 Å². The summed E-state index contributed by atoms with van der Waals surface area (Å²) < 4.78 is 31.1. The number of nitrogens with one attached hydrogen (secondary N) is 1. The molecule has 39 heavy (non-hydrogen) atoms. The number of halogens is 2. The van der Waals surface area contributed by atoms with Gasteiger partial charge in [0.05, 0.1) is 36.9 Å². The molecule has 2 saturated heterocycles. The molecule has 2 aromatic carbocycles. The minimum atomic E-state index is -0.484. The van der Waals surface area contributed by atoms with E-state index in [9.17, 15) is 9.18 Å². The van der Waals surface area contributed by atoms with Gasteiger partial charge in [0.2, 0.25) is 0 Å². The Balaban J connectivity index is 1.23. The van der Waals surface area contributed by atoms with Crippen molar-refractivity contribution in [3.63, 3.8) is 0 Å². The van der Waals surface area contributed by atoms with E-state index < -0.39 is 5.82 Å². The summed E-state index contributed by atoms with van der Waals surface area (Å²) in [5.74, 6) is 1.28. The van der Waals surface area contributed by atoms with E-state index in [0.717, 1.165) is 63.7 Å². The Morgan fingerprint density at radius 3 is 2.67 bits per heavy atom. The first-order valence-corrected chi connectivity index (χ1v) is 13.6. The maximum Gasteiger partial charge on any atom is 0.162 e. The fraction of sp³-hybridized carbons (Fsp3) is 0.464. The van der Waals surface area contributed by atoms with Crippen LogP contribution in [0.15, 0.2) is 36.7 Å². The fourth-order valence-electron chi connectivity index (χ4n) is 5.12. The molecule has 1 aromatic heterocycles. The Hall–Kier alpha value is -3.05. The highest BCUT2D eigenvalue weighted by molar-refractivity contribution is 6.31. The van der Waals surface area contributed by atoms with Crippen LogP contribution in [0.2, 0.25) is 5.02 Å². The number of anilines is 2. The van der Waals surface area contributed by atoms with Crippen LogP contribution in [0.1, 0.15) is 19.3 Å². The molecule has 1 N–H and O–H groups in total. The normalized spacial score (nSPS) is 18.1. The van der Waals surface area contributed by atoms with Crippen LogP contribution in [-0.4, -0.2) is 91.2 Å². The van der Waals surface area contributed by atoms with Gasteiger partial charge < -0.3 is 29.2 Å². The first kappa shape index (κ1) is 27.5. The lowest BCUT2D eigenvalue weighted by molar-refractivity contribution is -0.114. The predicted octanol–water partition coefficient (Wildman–Crippen LogP) is 4.31. The zero-order valence-corrected chi connectivity index (χ0v) is 22.7. The molecule has 0 spiro atoms. The Bertz CT molecular complexity index is 1280. The lowest BCUT2D eigenvalue weighted by atomic mass is 10.1. The second kappa shape index (κ2) is 12.9. The molecule has 3 aromatic rings. The minimum Gasteiger partial charge on any atom is -0.493 e. The van der Waals surface area contributed by atoms with Crippen molar-refractivity contribution in [3.05, 3.63) is 47.5 Å². The van der Waals surface area contributed by atoms with Gasteiger partial charge in [-0.2, -0.15) is 0 Å². The van der Waals surface area contributed by atoms with Crippen LogP contribution < -0.4 is 14.8 Å². The van der Waals surface area contributed by atoms with E-state index in [1.807, 2.05) is 12.1 Å². The van der Waals surface area contributed by atoms with E-state index in [-0.39, 0.29) is 17.2 Å². The number of carbonyl (C=O) groups is 1. The van der Waals surface area contributed by atoms with Crippen molar-refractivity contribution in [2.24, 2.45) is 0 Å². The lowest BCUT2D eigenvalue weighted by Crippen LogP contribution is -2.46. The number of aromatic nitrogens is 2. The number of carbonyl (C=O) groups excluding carboxylic acids is 1. The van der Waals surface area contributed by atoms with Crippen molar-refractivity contribution in [1.29, 1.82) is 0 Å². The summed E-state index contributed by atoms with van der Waals surface area (Å²) in [4.78, 5) is 25.1. The molecule has 0 aliphatic carbocycles. The highest BCUT2D eigenvalue weighted by Crippen LogP contribution is 2.36. The number of piperidine rings is 1. The summed E-state index contributed by atoms with van der Waals surface area (Å²) in [5.41, 5.74) is 1.29. The number of aldehydes is 1. The molecular weight excluding hydrogens is 525 g/mol. The van der Waals surface area contributed by atoms with E-state index in [0.29, 0.717) is 41.7 Å². The molecule has 3 heterocycles. The van der Waals surface area contributed by atoms with E-state index in [1.54, 1.807) is 13.2 Å². The van der Waals surface area contributed by atoms with E-state index in [1.165, 1.54) is 18.5 Å². The van der Waals surface area contributed by atoms with Crippen molar-refractivity contribution in [2.45, 2.75) is 31.4 Å². The molecule has 0 amide bonds. The molecule has 5 rings (SSSR count). The van der Waals surface area contributed by atoms with Crippen LogP contribution >= 0.6 is 11.6 Å². The van der Waals surface area contributed by atoms with Gasteiger partial charge in [0.15, 0.2) is 11.5 Å². The summed E-state index contributed by atoms with van der Waals surface area (Å²) >= 11 is 5.95. The number of hydrogen-bond donors (Lipinski definition) is 1. The highest BCUT2D eigenvalue weighted by atomic mass is 35.5. The standard InChI is InChI=1S/C28H33ClFN5O4/c1-37-26-16-25-22(28(32-18-31-25)33-19-2-3-24(30)23(29)14-19)15-27(26)39-21-5-8-34(9-6-21)7-4-20(17-36)35-10-12-38-13-11-35/h2-3,14-18,20-21H,4-13H2,1H3,(H,31,32,33). The average molecular weight is 558 g/mol. The van der Waals surface area contributed by atoms with Crippen LogP contribution in [0.25, 0.3) is 10.9 Å². The summed E-state index contributed by atoms with van der Waals surface area (Å²) in [7, 11) is 1.61. The van der Waals surface area contributed by atoms with E-state index >= 15 is 0 Å². The third kappa shape index (κ3) is 6.75. The number of morpholine rings is 1. The van der Waals surface area contributed by atoms with Gasteiger partial charge in [-0.15, -0.1) is 0 Å². The zero-order valence-electron chi connectivity index (χ0n) is 21.9. The summed E-state index contributed by atoms with van der Waals surface area (Å²) in [5, 5.41) is 3.97. The van der Waals surface area contributed by atoms with Crippen LogP contribution in [0.5, 0.6) is 11.5 Å². The molecule has 2 aliphatic rings. The van der Waals surface area contributed by atoms with Crippen molar-refractivity contribution in [3.8, 4) is 11.5 Å². The zero-order chi connectivity index (χ0) is 27.2. The van der Waals surface area contributed by atoms with Gasteiger partial charge in [0.1, 0.15) is 30.4 Å². The van der Waals surface area contributed by atoms with Gasteiger partial charge in [-0.1, -0.05) is 11.6 Å². The molecule has 0 saturated carbocycles.